The van der Waals surface area contributed by atoms with Crippen LogP contribution in [0.15, 0.2) is 66.9 Å². The molecule has 5 rings (SSSR count). The Morgan fingerprint density at radius 3 is 2.38 bits per heavy atom. The highest BCUT2D eigenvalue weighted by atomic mass is 35.5. The van der Waals surface area contributed by atoms with E-state index in [4.69, 9.17) is 17.3 Å². The number of halogens is 1. The molecular formula is C29H31ClN8O2. The molecule has 0 bridgehead atoms. The predicted octanol–water partition coefficient (Wildman–Crippen LogP) is 4.01. The van der Waals surface area contributed by atoms with Crippen LogP contribution in [0.3, 0.4) is 0 Å². The highest BCUT2D eigenvalue weighted by Gasteiger charge is 2.29. The van der Waals surface area contributed by atoms with Gasteiger partial charge >= 0.3 is 0 Å². The van der Waals surface area contributed by atoms with Gasteiger partial charge < -0.3 is 16.4 Å². The Morgan fingerprint density at radius 2 is 1.73 bits per heavy atom. The van der Waals surface area contributed by atoms with E-state index in [9.17, 15) is 9.59 Å². The van der Waals surface area contributed by atoms with Crippen LogP contribution in [0.5, 0.6) is 0 Å². The normalized spacial score (nSPS) is 17.6. The Hall–Kier alpha value is -4.15. The number of hydrogen-bond donors (Lipinski definition) is 4. The molecular weight excluding hydrogens is 528 g/mol. The Bertz CT molecular complexity index is 1420. The number of benzene rings is 2. The lowest BCUT2D eigenvalue weighted by atomic mass is 9.81. The highest BCUT2D eigenvalue weighted by molar-refractivity contribution is 6.32. The third-order valence-electron chi connectivity index (χ3n) is 7.40. The number of rotatable bonds is 9. The smallest absolute Gasteiger partial charge is 0.247 e. The third kappa shape index (κ3) is 6.70. The van der Waals surface area contributed by atoms with Crippen molar-refractivity contribution in [2.24, 2.45) is 17.6 Å². The molecule has 5 N–H and O–H groups in total. The number of carbonyl (C=O) groups is 2. The molecule has 0 spiro atoms. The first-order valence-corrected chi connectivity index (χ1v) is 13.7. The number of carbonyl (C=O) groups excluding carboxylic acids is 2. The molecule has 0 aliphatic heterocycles. The Labute approximate surface area is 237 Å². The van der Waals surface area contributed by atoms with Crippen LogP contribution in [0.25, 0.3) is 22.5 Å². The van der Waals surface area contributed by atoms with Crippen molar-refractivity contribution >= 4 is 29.1 Å². The molecule has 1 atom stereocenters. The highest BCUT2D eigenvalue weighted by Crippen LogP contribution is 2.29. The van der Waals surface area contributed by atoms with Crippen molar-refractivity contribution in [3.8, 4) is 22.5 Å². The molecule has 0 saturated heterocycles. The Balaban J connectivity index is 1.30. The van der Waals surface area contributed by atoms with Crippen LogP contribution < -0.4 is 16.4 Å². The van der Waals surface area contributed by atoms with Crippen molar-refractivity contribution in [3.05, 3.63) is 77.6 Å². The number of nitrogens with zero attached hydrogens (tertiary/aromatic N) is 4. The van der Waals surface area contributed by atoms with Gasteiger partial charge in [0.05, 0.1) is 0 Å². The van der Waals surface area contributed by atoms with Gasteiger partial charge in [-0.1, -0.05) is 35.9 Å². The van der Waals surface area contributed by atoms with E-state index in [1.807, 2.05) is 36.4 Å². The summed E-state index contributed by atoms with van der Waals surface area (Å²) in [7, 11) is 0. The lowest BCUT2D eigenvalue weighted by molar-refractivity contribution is -0.130. The molecule has 2 aromatic carbocycles. The number of nitrogens with one attached hydrogen (secondary N) is 3. The lowest BCUT2D eigenvalue weighted by Gasteiger charge is -2.28. The summed E-state index contributed by atoms with van der Waals surface area (Å²) in [6, 6.07) is 17.9. The molecule has 10 nitrogen and oxygen atoms in total. The average molecular weight is 559 g/mol. The van der Waals surface area contributed by atoms with Crippen LogP contribution in [-0.2, 0) is 16.0 Å². The van der Waals surface area contributed by atoms with Gasteiger partial charge in [-0.3, -0.25) is 9.59 Å². The molecule has 2 heterocycles. The zero-order chi connectivity index (χ0) is 27.9. The first-order valence-electron chi connectivity index (χ1n) is 13.3. The Kier molecular flexibility index (Phi) is 8.78. The van der Waals surface area contributed by atoms with Crippen LogP contribution >= 0.6 is 11.6 Å². The van der Waals surface area contributed by atoms with Crippen LogP contribution in [0.1, 0.15) is 31.2 Å². The number of aromatic amines is 1. The minimum absolute atomic E-state index is 0.0955. The second kappa shape index (κ2) is 12.8. The minimum atomic E-state index is -0.760. The summed E-state index contributed by atoms with van der Waals surface area (Å²) in [5.74, 6) is 0.411. The van der Waals surface area contributed by atoms with Crippen LogP contribution in [0, 0.1) is 11.8 Å². The van der Waals surface area contributed by atoms with Crippen LogP contribution in [0.4, 0.5) is 5.69 Å². The lowest BCUT2D eigenvalue weighted by Crippen LogP contribution is -2.48. The SMILES string of the molecule is NCC1CCC(C(=O)NC(Cc2ccc(-c3cccnc3Cl)cc2)C(=O)Nc2ccc(-c3nn[nH]n3)cc2)CC1. The number of pyridine rings is 1. The summed E-state index contributed by atoms with van der Waals surface area (Å²) >= 11 is 6.26. The van der Waals surface area contributed by atoms with Crippen LogP contribution in [-0.4, -0.2) is 50.0 Å². The molecule has 2 amide bonds. The van der Waals surface area contributed by atoms with Gasteiger partial charge in [0.25, 0.3) is 0 Å². The minimum Gasteiger partial charge on any atom is -0.344 e. The fourth-order valence-corrected chi connectivity index (χ4v) is 5.26. The fourth-order valence-electron chi connectivity index (χ4n) is 5.03. The molecule has 1 fully saturated rings. The first kappa shape index (κ1) is 27.4. The van der Waals surface area contributed by atoms with Gasteiger partial charge in [-0.2, -0.15) is 5.21 Å². The number of nitrogens with two attached hydrogens (primary N) is 1. The molecule has 0 radical (unpaired) electrons. The van der Waals surface area contributed by atoms with Crippen LogP contribution in [0.2, 0.25) is 5.15 Å². The number of amides is 2. The van der Waals surface area contributed by atoms with Crippen molar-refractivity contribution in [2.45, 2.75) is 38.1 Å². The van der Waals surface area contributed by atoms with Crippen molar-refractivity contribution in [1.29, 1.82) is 0 Å². The number of hydrogen-bond acceptors (Lipinski definition) is 7. The molecule has 1 aliphatic carbocycles. The standard InChI is InChI=1S/C29H31ClN8O2/c30-26-24(2-1-15-32-26)20-7-3-18(4-8-20)16-25(34-28(39)22-9-5-19(17-31)6-10-22)29(40)33-23-13-11-21(12-14-23)27-35-37-38-36-27/h1-4,7-8,11-15,19,22,25H,5-6,9-10,16-17,31H2,(H,33,40)(H,34,39)(H,35,36,37,38). The molecule has 11 heteroatoms. The van der Waals surface area contributed by atoms with Gasteiger partial charge in [-0.25, -0.2) is 4.98 Å². The van der Waals surface area contributed by atoms with Gasteiger partial charge in [-0.15, -0.1) is 10.2 Å². The van der Waals surface area contributed by atoms with E-state index in [1.54, 1.807) is 30.5 Å². The summed E-state index contributed by atoms with van der Waals surface area (Å²) < 4.78 is 0. The maximum Gasteiger partial charge on any atom is 0.247 e. The molecule has 2 aromatic heterocycles. The van der Waals surface area contributed by atoms with Crippen molar-refractivity contribution in [1.82, 2.24) is 30.9 Å². The first-order chi connectivity index (χ1) is 19.5. The van der Waals surface area contributed by atoms with E-state index in [1.165, 1.54) is 0 Å². The maximum absolute atomic E-state index is 13.5. The Morgan fingerprint density at radius 1 is 1.00 bits per heavy atom. The quantitative estimate of drug-likeness (QED) is 0.226. The van der Waals surface area contributed by atoms with E-state index >= 15 is 0 Å². The molecule has 206 valence electrons. The molecule has 1 saturated carbocycles. The molecule has 4 aromatic rings. The number of tetrazole rings is 1. The zero-order valence-corrected chi connectivity index (χ0v) is 22.6. The van der Waals surface area contributed by atoms with Gasteiger partial charge in [0.1, 0.15) is 11.2 Å². The van der Waals surface area contributed by atoms with Crippen molar-refractivity contribution < 1.29 is 9.59 Å². The largest absolute Gasteiger partial charge is 0.344 e. The zero-order valence-electron chi connectivity index (χ0n) is 21.9. The topological polar surface area (TPSA) is 152 Å². The average Bonchev–Trinajstić information content (AvgIpc) is 3.53. The number of H-pyrrole nitrogens is 1. The second-order valence-corrected chi connectivity index (χ2v) is 10.4. The maximum atomic E-state index is 13.5. The van der Waals surface area contributed by atoms with E-state index in [2.05, 4.69) is 36.2 Å². The van der Waals surface area contributed by atoms with Gasteiger partial charge in [0.2, 0.25) is 17.6 Å². The summed E-state index contributed by atoms with van der Waals surface area (Å²) in [4.78, 5) is 30.9. The summed E-state index contributed by atoms with van der Waals surface area (Å²) in [5, 5.41) is 20.3. The predicted molar refractivity (Wildman–Crippen MR) is 153 cm³/mol. The van der Waals surface area contributed by atoms with Gasteiger partial charge in [0.15, 0.2) is 0 Å². The number of aromatic nitrogens is 5. The van der Waals surface area contributed by atoms with Crippen molar-refractivity contribution in [3.63, 3.8) is 0 Å². The number of anilines is 1. The molecule has 1 aliphatic rings. The monoisotopic (exact) mass is 558 g/mol. The molecule has 40 heavy (non-hydrogen) atoms. The van der Waals surface area contributed by atoms with E-state index in [0.29, 0.717) is 35.5 Å². The van der Waals surface area contributed by atoms with Crippen molar-refractivity contribution in [2.75, 3.05) is 11.9 Å². The summed E-state index contributed by atoms with van der Waals surface area (Å²) in [6.45, 7) is 0.644. The molecule has 1 unspecified atom stereocenters. The summed E-state index contributed by atoms with van der Waals surface area (Å²) in [6.07, 6.45) is 5.39. The second-order valence-electron chi connectivity index (χ2n) is 10.1. The summed E-state index contributed by atoms with van der Waals surface area (Å²) in [5.41, 5.74) is 9.84. The van der Waals surface area contributed by atoms with E-state index in [-0.39, 0.29) is 17.7 Å². The van der Waals surface area contributed by atoms with Gasteiger partial charge in [-0.05, 0) is 90.9 Å². The van der Waals surface area contributed by atoms with E-state index < -0.39 is 6.04 Å². The fraction of sp³-hybridized carbons (Fsp3) is 0.310. The van der Waals surface area contributed by atoms with Gasteiger partial charge in [0, 0.05) is 35.3 Å². The third-order valence-corrected chi connectivity index (χ3v) is 7.70. The van der Waals surface area contributed by atoms with E-state index in [0.717, 1.165) is 47.9 Å².